The van der Waals surface area contributed by atoms with Gasteiger partial charge in [0, 0.05) is 27.7 Å². The minimum atomic E-state index is -1.56. The quantitative estimate of drug-likeness (QED) is 0.490. The van der Waals surface area contributed by atoms with Crippen LogP contribution in [0.1, 0.15) is 27.7 Å². The van der Waals surface area contributed by atoms with Crippen molar-refractivity contribution in [3.8, 4) is 0 Å². The fraction of sp³-hybridized carbons (Fsp3) is 0.714. The van der Waals surface area contributed by atoms with E-state index in [1.165, 1.54) is 0 Å². The predicted molar refractivity (Wildman–Crippen MR) is 74.2 cm³/mol. The Kier molecular flexibility index (Phi) is 7.11. The van der Waals surface area contributed by atoms with Crippen molar-refractivity contribution in [1.82, 2.24) is 0 Å². The van der Waals surface area contributed by atoms with Gasteiger partial charge in [-0.25, -0.2) is 0 Å². The number of aliphatic hydroxyl groups is 1. The topological polar surface area (TPSA) is 135 Å². The first kappa shape index (κ1) is 19.8. The van der Waals surface area contributed by atoms with Gasteiger partial charge in [0.05, 0.1) is 0 Å². The molecule has 0 aromatic rings. The van der Waals surface area contributed by atoms with Gasteiger partial charge < -0.3 is 28.8 Å². The van der Waals surface area contributed by atoms with Crippen LogP contribution in [0.5, 0.6) is 0 Å². The fourth-order valence-corrected chi connectivity index (χ4v) is 2.14. The first-order chi connectivity index (χ1) is 11.1. The Labute approximate surface area is 137 Å². The van der Waals surface area contributed by atoms with Crippen LogP contribution in [0.4, 0.5) is 0 Å². The van der Waals surface area contributed by atoms with E-state index in [9.17, 15) is 24.3 Å². The van der Waals surface area contributed by atoms with Crippen molar-refractivity contribution in [3.63, 3.8) is 0 Å². The molecule has 1 aliphatic heterocycles. The van der Waals surface area contributed by atoms with Crippen LogP contribution in [0, 0.1) is 0 Å². The monoisotopic (exact) mass is 348 g/mol. The van der Waals surface area contributed by atoms with Crippen molar-refractivity contribution in [2.75, 3.05) is 6.61 Å². The lowest BCUT2D eigenvalue weighted by atomic mass is 9.98. The first-order valence-electron chi connectivity index (χ1n) is 7.10. The molecule has 1 rings (SSSR count). The Hall–Kier alpha value is -2.20. The molecule has 0 radical (unpaired) electrons. The Morgan fingerprint density at radius 1 is 0.833 bits per heavy atom. The molecule has 10 heteroatoms. The summed E-state index contributed by atoms with van der Waals surface area (Å²) in [6.45, 7) is 4.08. The van der Waals surface area contributed by atoms with Gasteiger partial charge in [-0.15, -0.1) is 0 Å². The number of rotatable bonds is 5. The zero-order valence-corrected chi connectivity index (χ0v) is 13.7. The zero-order valence-electron chi connectivity index (χ0n) is 13.7. The normalized spacial score (nSPS) is 29.3. The van der Waals surface area contributed by atoms with E-state index in [1.807, 2.05) is 0 Å². The van der Waals surface area contributed by atoms with E-state index in [0.29, 0.717) is 0 Å². The Balaban J connectivity index is 3.04. The maximum absolute atomic E-state index is 11.2. The second-order valence-corrected chi connectivity index (χ2v) is 5.09. The average molecular weight is 348 g/mol. The lowest BCUT2D eigenvalue weighted by Crippen LogP contribution is -2.62. The highest BCUT2D eigenvalue weighted by molar-refractivity contribution is 5.68. The maximum atomic E-state index is 11.2. The van der Waals surface area contributed by atoms with Gasteiger partial charge in [0.15, 0.2) is 12.2 Å². The highest BCUT2D eigenvalue weighted by Gasteiger charge is 2.50. The maximum Gasteiger partial charge on any atom is 0.305 e. The highest BCUT2D eigenvalue weighted by atomic mass is 16.7. The third-order valence-electron chi connectivity index (χ3n) is 2.95. The standard InChI is InChI=1S/C14H20O10/c1-6(15)20-5-10-12(21-7(2)16)11(19)13(22-8(3)17)14(24-10)23-9(4)18/h10-14,19H,5H2,1-4H3/t10-,11+,12-,13-,14-/m0/s1. The number of carbonyl (C=O) groups excluding carboxylic acids is 4. The molecular formula is C14H20O10. The summed E-state index contributed by atoms with van der Waals surface area (Å²) in [6, 6.07) is 0. The number of hydrogen-bond donors (Lipinski definition) is 1. The third-order valence-corrected chi connectivity index (χ3v) is 2.95. The van der Waals surface area contributed by atoms with E-state index in [4.69, 9.17) is 23.7 Å². The number of carbonyl (C=O) groups is 4. The zero-order chi connectivity index (χ0) is 18.4. The summed E-state index contributed by atoms with van der Waals surface area (Å²) in [5.41, 5.74) is 0. The highest BCUT2D eigenvalue weighted by Crippen LogP contribution is 2.27. The van der Waals surface area contributed by atoms with Gasteiger partial charge in [0.2, 0.25) is 6.29 Å². The van der Waals surface area contributed by atoms with E-state index in [2.05, 4.69) is 0 Å². The Morgan fingerprint density at radius 2 is 1.33 bits per heavy atom. The van der Waals surface area contributed by atoms with Crippen molar-refractivity contribution in [2.45, 2.75) is 58.4 Å². The van der Waals surface area contributed by atoms with Crippen LogP contribution in [-0.2, 0) is 42.9 Å². The Morgan fingerprint density at radius 3 is 1.79 bits per heavy atom. The van der Waals surface area contributed by atoms with Crippen LogP contribution in [0.2, 0.25) is 0 Å². The third kappa shape index (κ3) is 5.78. The van der Waals surface area contributed by atoms with E-state index in [-0.39, 0.29) is 6.61 Å². The molecule has 0 aromatic heterocycles. The van der Waals surface area contributed by atoms with Gasteiger partial charge in [-0.2, -0.15) is 0 Å². The Bertz CT molecular complexity index is 500. The molecule has 24 heavy (non-hydrogen) atoms. The van der Waals surface area contributed by atoms with Crippen LogP contribution in [0.15, 0.2) is 0 Å². The van der Waals surface area contributed by atoms with Gasteiger partial charge in [-0.3, -0.25) is 19.2 Å². The minimum absolute atomic E-state index is 0.366. The van der Waals surface area contributed by atoms with Gasteiger partial charge >= 0.3 is 23.9 Å². The summed E-state index contributed by atoms with van der Waals surface area (Å²) in [4.78, 5) is 44.6. The molecule has 0 aromatic carbocycles. The van der Waals surface area contributed by atoms with Crippen molar-refractivity contribution in [2.24, 2.45) is 0 Å². The van der Waals surface area contributed by atoms with Crippen molar-refractivity contribution in [3.05, 3.63) is 0 Å². The lowest BCUT2D eigenvalue weighted by molar-refractivity contribution is -0.298. The number of aliphatic hydroxyl groups excluding tert-OH is 1. The van der Waals surface area contributed by atoms with Crippen LogP contribution in [0.25, 0.3) is 0 Å². The van der Waals surface area contributed by atoms with E-state index < -0.39 is 54.6 Å². The van der Waals surface area contributed by atoms with E-state index in [0.717, 1.165) is 27.7 Å². The van der Waals surface area contributed by atoms with Gasteiger partial charge in [0.25, 0.3) is 0 Å². The number of esters is 4. The largest absolute Gasteiger partial charge is 0.463 e. The number of ether oxygens (including phenoxy) is 5. The molecule has 0 aliphatic carbocycles. The van der Waals surface area contributed by atoms with Crippen molar-refractivity contribution < 1.29 is 48.0 Å². The summed E-state index contributed by atoms with van der Waals surface area (Å²) >= 11 is 0. The number of hydrogen-bond acceptors (Lipinski definition) is 10. The van der Waals surface area contributed by atoms with Gasteiger partial charge in [0.1, 0.15) is 18.8 Å². The van der Waals surface area contributed by atoms with Crippen LogP contribution >= 0.6 is 0 Å². The van der Waals surface area contributed by atoms with E-state index >= 15 is 0 Å². The summed E-state index contributed by atoms with van der Waals surface area (Å²) in [5.74, 6) is -2.87. The molecule has 1 fully saturated rings. The summed E-state index contributed by atoms with van der Waals surface area (Å²) < 4.78 is 25.0. The van der Waals surface area contributed by atoms with Gasteiger partial charge in [-0.1, -0.05) is 0 Å². The molecule has 0 saturated carbocycles. The molecule has 1 heterocycles. The molecule has 0 bridgehead atoms. The van der Waals surface area contributed by atoms with Crippen LogP contribution in [-0.4, -0.2) is 66.3 Å². The minimum Gasteiger partial charge on any atom is -0.463 e. The molecule has 1 saturated heterocycles. The summed E-state index contributed by atoms with van der Waals surface area (Å²) in [6.07, 6.45) is -6.84. The molecule has 0 unspecified atom stereocenters. The second kappa shape index (κ2) is 8.60. The molecule has 10 nitrogen and oxygen atoms in total. The molecule has 0 spiro atoms. The second-order valence-electron chi connectivity index (χ2n) is 5.09. The van der Waals surface area contributed by atoms with Gasteiger partial charge in [-0.05, 0) is 0 Å². The molecule has 0 amide bonds. The average Bonchev–Trinajstić information content (AvgIpc) is 2.42. The molecular weight excluding hydrogens is 328 g/mol. The first-order valence-corrected chi connectivity index (χ1v) is 7.10. The lowest BCUT2D eigenvalue weighted by Gasteiger charge is -2.42. The van der Waals surface area contributed by atoms with Crippen molar-refractivity contribution >= 4 is 23.9 Å². The fourth-order valence-electron chi connectivity index (χ4n) is 2.14. The van der Waals surface area contributed by atoms with Crippen LogP contribution < -0.4 is 0 Å². The molecule has 1 N–H and O–H groups in total. The summed E-state index contributed by atoms with van der Waals surface area (Å²) in [5, 5.41) is 10.4. The molecule has 1 aliphatic rings. The predicted octanol–water partition coefficient (Wildman–Crippen LogP) is -0.938. The smallest absolute Gasteiger partial charge is 0.305 e. The van der Waals surface area contributed by atoms with Crippen molar-refractivity contribution in [1.29, 1.82) is 0 Å². The van der Waals surface area contributed by atoms with E-state index in [1.54, 1.807) is 0 Å². The molecule has 5 atom stereocenters. The summed E-state index contributed by atoms with van der Waals surface area (Å²) in [7, 11) is 0. The molecule has 136 valence electrons. The SMILES string of the molecule is CC(=O)OC[C@@H]1O[C@H](OC(C)=O)[C@@H](OC(C)=O)[C@H](O)[C@H]1OC(C)=O. The van der Waals surface area contributed by atoms with Crippen LogP contribution in [0.3, 0.4) is 0 Å².